The van der Waals surface area contributed by atoms with Gasteiger partial charge in [0.15, 0.2) is 5.69 Å². The number of rotatable bonds is 6. The van der Waals surface area contributed by atoms with Crippen LogP contribution in [0.5, 0.6) is 0 Å². The van der Waals surface area contributed by atoms with Crippen molar-refractivity contribution in [3.8, 4) is 11.1 Å². The number of nitrogens with one attached hydrogen (secondary N) is 3. The number of pyridine rings is 2. The van der Waals surface area contributed by atoms with Gasteiger partial charge in [-0.1, -0.05) is 12.5 Å². The van der Waals surface area contributed by atoms with E-state index < -0.39 is 0 Å². The molecule has 0 radical (unpaired) electrons. The van der Waals surface area contributed by atoms with E-state index in [-0.39, 0.29) is 17.7 Å². The average molecular weight is 524 g/mol. The van der Waals surface area contributed by atoms with Crippen molar-refractivity contribution in [2.24, 2.45) is 5.92 Å². The molecule has 6 rings (SSSR count). The highest BCUT2D eigenvalue weighted by molar-refractivity contribution is 6.11. The molecule has 1 unspecified atom stereocenters. The Morgan fingerprint density at radius 2 is 1.79 bits per heavy atom. The van der Waals surface area contributed by atoms with Crippen LogP contribution in [0.3, 0.4) is 0 Å². The lowest BCUT2D eigenvalue weighted by atomic mass is 9.92. The molecule has 0 bridgehead atoms. The normalized spacial score (nSPS) is 18.3. The summed E-state index contributed by atoms with van der Waals surface area (Å²) in [5.74, 6) is 0.301. The van der Waals surface area contributed by atoms with Crippen LogP contribution in [-0.4, -0.2) is 57.0 Å². The Morgan fingerprint density at radius 3 is 2.62 bits per heavy atom. The van der Waals surface area contributed by atoms with Crippen molar-refractivity contribution in [1.29, 1.82) is 0 Å². The zero-order valence-electron chi connectivity index (χ0n) is 22.1. The second-order valence-electron chi connectivity index (χ2n) is 10.8. The molecule has 9 heteroatoms. The van der Waals surface area contributed by atoms with Gasteiger partial charge in [-0.25, -0.2) is 0 Å². The maximum atomic E-state index is 13.2. The largest absolute Gasteiger partial charge is 0.324 e. The minimum absolute atomic E-state index is 0.0398. The van der Waals surface area contributed by atoms with Crippen LogP contribution < -0.4 is 10.6 Å². The first-order valence-corrected chi connectivity index (χ1v) is 13.7. The number of fused-ring (bicyclic) bond motifs is 1. The molecule has 1 atom stereocenters. The summed E-state index contributed by atoms with van der Waals surface area (Å²) in [6.45, 7) is 2.24. The van der Waals surface area contributed by atoms with Crippen LogP contribution >= 0.6 is 0 Å². The van der Waals surface area contributed by atoms with E-state index in [2.05, 4.69) is 37.8 Å². The summed E-state index contributed by atoms with van der Waals surface area (Å²) in [6.07, 6.45) is 11.7. The number of hydrogen-bond donors (Lipinski definition) is 3. The van der Waals surface area contributed by atoms with Crippen molar-refractivity contribution < 1.29 is 9.59 Å². The molecule has 4 heterocycles. The fourth-order valence-corrected chi connectivity index (χ4v) is 5.23. The summed E-state index contributed by atoms with van der Waals surface area (Å²) in [5, 5.41) is 13.8. The van der Waals surface area contributed by atoms with Crippen molar-refractivity contribution in [3.63, 3.8) is 0 Å². The van der Waals surface area contributed by atoms with Gasteiger partial charge in [0.1, 0.15) is 0 Å². The predicted octanol–water partition coefficient (Wildman–Crippen LogP) is 5.21. The van der Waals surface area contributed by atoms with Crippen LogP contribution in [0.15, 0.2) is 55.0 Å². The monoisotopic (exact) mass is 523 g/mol. The molecular formula is C30H33N7O2. The van der Waals surface area contributed by atoms with Crippen LogP contribution in [0.25, 0.3) is 22.0 Å². The molecule has 3 N–H and O–H groups in total. The first-order chi connectivity index (χ1) is 19.0. The van der Waals surface area contributed by atoms with E-state index in [0.717, 1.165) is 61.1 Å². The van der Waals surface area contributed by atoms with Gasteiger partial charge in [-0.05, 0) is 88.1 Å². The molecule has 1 aliphatic carbocycles. The third-order valence-corrected chi connectivity index (χ3v) is 7.73. The van der Waals surface area contributed by atoms with E-state index in [0.29, 0.717) is 28.4 Å². The van der Waals surface area contributed by atoms with Gasteiger partial charge in [0.25, 0.3) is 5.91 Å². The van der Waals surface area contributed by atoms with E-state index in [1.54, 1.807) is 18.6 Å². The lowest BCUT2D eigenvalue weighted by Gasteiger charge is -2.25. The lowest BCUT2D eigenvalue weighted by molar-refractivity contribution is -0.117. The van der Waals surface area contributed by atoms with E-state index in [4.69, 9.17) is 4.98 Å². The fraction of sp³-hybridized carbons (Fsp3) is 0.367. The summed E-state index contributed by atoms with van der Waals surface area (Å²) in [7, 11) is 2.18. The number of anilines is 2. The fourth-order valence-electron chi connectivity index (χ4n) is 5.23. The standard InChI is InChI=1S/C30H33N7O2/c1-37-12-3-2-4-19(11-13-37)26-10-8-23(18-32-26)33-30(39)28-25-15-21(7-9-27(25)35-36-28)22-14-24(17-31-16-22)34-29(38)20-5-6-20/h7-10,14-20H,2-6,11-13H2,1H3,(H,33,39)(H,34,38)(H,35,36). The quantitative estimate of drug-likeness (QED) is 0.320. The second kappa shape index (κ2) is 10.9. The number of carbonyl (C=O) groups excluding carboxylic acids is 2. The number of nitrogens with zero attached hydrogens (tertiary/aromatic N) is 4. The van der Waals surface area contributed by atoms with Gasteiger partial charge < -0.3 is 15.5 Å². The number of likely N-dealkylation sites (tertiary alicyclic amines) is 1. The number of hydrogen-bond acceptors (Lipinski definition) is 6. The first-order valence-electron chi connectivity index (χ1n) is 13.7. The Balaban J connectivity index is 1.17. The zero-order chi connectivity index (χ0) is 26.8. The van der Waals surface area contributed by atoms with Crippen LogP contribution in [-0.2, 0) is 4.79 Å². The molecule has 1 aliphatic heterocycles. The van der Waals surface area contributed by atoms with E-state index in [1.165, 1.54) is 12.8 Å². The average Bonchev–Trinajstić information content (AvgIpc) is 3.71. The minimum Gasteiger partial charge on any atom is -0.324 e. The van der Waals surface area contributed by atoms with Crippen molar-refractivity contribution in [2.75, 3.05) is 30.8 Å². The van der Waals surface area contributed by atoms with Gasteiger partial charge >= 0.3 is 0 Å². The Labute approximate surface area is 227 Å². The van der Waals surface area contributed by atoms with Crippen molar-refractivity contribution in [2.45, 2.75) is 44.4 Å². The summed E-state index contributed by atoms with van der Waals surface area (Å²) in [5.41, 5.74) is 5.19. The smallest absolute Gasteiger partial charge is 0.276 e. The van der Waals surface area contributed by atoms with Gasteiger partial charge in [-0.3, -0.25) is 24.7 Å². The molecule has 9 nitrogen and oxygen atoms in total. The van der Waals surface area contributed by atoms with Crippen LogP contribution in [0, 0.1) is 5.92 Å². The number of aromatic amines is 1. The van der Waals surface area contributed by atoms with Crippen molar-refractivity contribution >= 4 is 34.1 Å². The summed E-state index contributed by atoms with van der Waals surface area (Å²) in [6, 6.07) is 11.6. The van der Waals surface area contributed by atoms with E-state index >= 15 is 0 Å². The molecule has 1 aromatic carbocycles. The lowest BCUT2D eigenvalue weighted by Crippen LogP contribution is -2.25. The SMILES string of the molecule is CN1CCCCC(c2ccc(NC(=O)c3n[nH]c4ccc(-c5cncc(NC(=O)C6CC6)c5)cc34)cn2)CC1. The summed E-state index contributed by atoms with van der Waals surface area (Å²) >= 11 is 0. The summed E-state index contributed by atoms with van der Waals surface area (Å²) < 4.78 is 0. The number of carbonyl (C=O) groups is 2. The molecule has 2 fully saturated rings. The van der Waals surface area contributed by atoms with Gasteiger partial charge in [0, 0.05) is 34.7 Å². The molecule has 1 saturated carbocycles. The Bertz CT molecular complexity index is 1490. The van der Waals surface area contributed by atoms with Gasteiger partial charge in [-0.15, -0.1) is 0 Å². The predicted molar refractivity (Wildman–Crippen MR) is 152 cm³/mol. The molecule has 2 aliphatic rings. The first kappa shape index (κ1) is 25.2. The second-order valence-corrected chi connectivity index (χ2v) is 10.8. The Hall–Kier alpha value is -4.11. The molecule has 3 aromatic heterocycles. The molecular weight excluding hydrogens is 490 g/mol. The number of amides is 2. The third kappa shape index (κ3) is 5.83. The minimum atomic E-state index is -0.302. The maximum Gasteiger partial charge on any atom is 0.276 e. The number of H-pyrrole nitrogens is 1. The van der Waals surface area contributed by atoms with Crippen molar-refractivity contribution in [3.05, 3.63) is 66.4 Å². The van der Waals surface area contributed by atoms with Gasteiger partial charge in [0.05, 0.1) is 29.3 Å². The van der Waals surface area contributed by atoms with Crippen LogP contribution in [0.2, 0.25) is 0 Å². The van der Waals surface area contributed by atoms with Gasteiger partial charge in [-0.2, -0.15) is 5.10 Å². The van der Waals surface area contributed by atoms with Crippen LogP contribution in [0.4, 0.5) is 11.4 Å². The molecule has 2 amide bonds. The third-order valence-electron chi connectivity index (χ3n) is 7.73. The van der Waals surface area contributed by atoms with Crippen LogP contribution in [0.1, 0.15) is 60.6 Å². The molecule has 39 heavy (non-hydrogen) atoms. The molecule has 1 saturated heterocycles. The zero-order valence-corrected chi connectivity index (χ0v) is 22.1. The molecule has 4 aromatic rings. The maximum absolute atomic E-state index is 13.2. The van der Waals surface area contributed by atoms with Crippen molar-refractivity contribution in [1.82, 2.24) is 25.1 Å². The van der Waals surface area contributed by atoms with Gasteiger partial charge in [0.2, 0.25) is 5.91 Å². The Kier molecular flexibility index (Phi) is 7.06. The topological polar surface area (TPSA) is 116 Å². The number of aromatic nitrogens is 4. The highest BCUT2D eigenvalue weighted by atomic mass is 16.2. The highest BCUT2D eigenvalue weighted by Crippen LogP contribution is 2.32. The highest BCUT2D eigenvalue weighted by Gasteiger charge is 2.29. The number of benzene rings is 1. The Morgan fingerprint density at radius 1 is 0.897 bits per heavy atom. The van der Waals surface area contributed by atoms with E-state index in [1.807, 2.05) is 36.4 Å². The molecule has 0 spiro atoms. The molecule has 200 valence electrons. The van der Waals surface area contributed by atoms with E-state index in [9.17, 15) is 9.59 Å². The summed E-state index contributed by atoms with van der Waals surface area (Å²) in [4.78, 5) is 36.8.